The van der Waals surface area contributed by atoms with Crippen molar-refractivity contribution in [1.82, 2.24) is 9.29 Å². The molecule has 1 aromatic carbocycles. The van der Waals surface area contributed by atoms with Crippen LogP contribution in [0.2, 0.25) is 0 Å². The molecule has 0 bridgehead atoms. The first kappa shape index (κ1) is 18.5. The number of aliphatic hydroxyl groups is 1. The fourth-order valence-corrected chi connectivity index (χ4v) is 3.69. The number of sulfonamides is 1. The average molecular weight is 355 g/mol. The first-order chi connectivity index (χ1) is 10.9. The van der Waals surface area contributed by atoms with Gasteiger partial charge in [-0.05, 0) is 24.3 Å². The van der Waals surface area contributed by atoms with Crippen molar-refractivity contribution in [1.29, 1.82) is 0 Å². The fraction of sp³-hybridized carbons (Fsp3) is 0.0667. The number of anilines is 1. The standard InChI is InChI=1S/C15H13N3O4S.Na.H/c1-18-13(15(20)17-12-8-4-5-9-16-12)14(19)10-6-2-3-7-11(10)23(18,21)22;;/h2-9,19H,1H3,(H,16,17,20);;/q;+1;-1. The van der Waals surface area contributed by atoms with Crippen molar-refractivity contribution in [3.8, 4) is 0 Å². The third-order valence-electron chi connectivity index (χ3n) is 3.44. The molecule has 2 heterocycles. The third kappa shape index (κ3) is 3.05. The van der Waals surface area contributed by atoms with Gasteiger partial charge in [0.05, 0.1) is 4.90 Å². The van der Waals surface area contributed by atoms with Crippen LogP contribution in [0.25, 0.3) is 5.76 Å². The minimum atomic E-state index is -3.91. The predicted molar refractivity (Wildman–Crippen MR) is 84.9 cm³/mol. The zero-order chi connectivity index (χ0) is 16.6. The second-order valence-electron chi connectivity index (χ2n) is 4.84. The first-order valence-corrected chi connectivity index (χ1v) is 8.11. The number of aliphatic hydroxyl groups excluding tert-OH is 1. The number of carbonyl (C=O) groups excluding carboxylic acids is 1. The van der Waals surface area contributed by atoms with E-state index in [4.69, 9.17) is 0 Å². The molecule has 0 saturated carbocycles. The zero-order valence-electron chi connectivity index (χ0n) is 14.1. The van der Waals surface area contributed by atoms with Gasteiger partial charge in [0.25, 0.3) is 15.9 Å². The van der Waals surface area contributed by atoms with Crippen molar-refractivity contribution >= 4 is 27.5 Å². The second kappa shape index (κ2) is 6.94. The molecule has 0 atom stereocenters. The van der Waals surface area contributed by atoms with Crippen molar-refractivity contribution in [3.05, 3.63) is 59.9 Å². The number of benzene rings is 1. The molecule has 9 heteroatoms. The van der Waals surface area contributed by atoms with Crippen LogP contribution < -0.4 is 34.9 Å². The van der Waals surface area contributed by atoms with Gasteiger partial charge in [0.15, 0.2) is 11.5 Å². The van der Waals surface area contributed by atoms with E-state index in [1.807, 2.05) is 0 Å². The maximum absolute atomic E-state index is 12.5. The van der Waals surface area contributed by atoms with Crippen molar-refractivity contribution in [2.24, 2.45) is 0 Å². The van der Waals surface area contributed by atoms with Crippen LogP contribution in [0.5, 0.6) is 0 Å². The molecule has 2 aromatic rings. The van der Waals surface area contributed by atoms with Crippen LogP contribution in [-0.2, 0) is 14.8 Å². The van der Waals surface area contributed by atoms with Crippen LogP contribution in [-0.4, -0.2) is 35.8 Å². The first-order valence-electron chi connectivity index (χ1n) is 6.67. The number of likely N-dealkylation sites (N-methyl/N-ethyl adjacent to an activating group) is 1. The molecular weight excluding hydrogens is 341 g/mol. The van der Waals surface area contributed by atoms with Gasteiger partial charge < -0.3 is 11.8 Å². The Morgan fingerprint density at radius 2 is 1.88 bits per heavy atom. The molecule has 0 unspecified atom stereocenters. The molecule has 1 aliphatic heterocycles. The van der Waals surface area contributed by atoms with E-state index in [-0.39, 0.29) is 53.0 Å². The number of fused-ring (bicyclic) bond motifs is 1. The minimum Gasteiger partial charge on any atom is -1.00 e. The Balaban J connectivity index is 0.00000156. The molecule has 1 aliphatic rings. The maximum atomic E-state index is 12.5. The van der Waals surface area contributed by atoms with Gasteiger partial charge >= 0.3 is 29.6 Å². The van der Waals surface area contributed by atoms with Gasteiger partial charge in [0, 0.05) is 18.8 Å². The Morgan fingerprint density at radius 3 is 2.54 bits per heavy atom. The summed E-state index contributed by atoms with van der Waals surface area (Å²) >= 11 is 0. The molecule has 120 valence electrons. The van der Waals surface area contributed by atoms with Crippen molar-refractivity contribution in [2.45, 2.75) is 4.90 Å². The van der Waals surface area contributed by atoms with Gasteiger partial charge in [-0.25, -0.2) is 13.4 Å². The van der Waals surface area contributed by atoms with Gasteiger partial charge in [-0.15, -0.1) is 0 Å². The summed E-state index contributed by atoms with van der Waals surface area (Å²) in [6, 6.07) is 10.9. The topological polar surface area (TPSA) is 99.6 Å². The molecule has 1 aromatic heterocycles. The van der Waals surface area contributed by atoms with E-state index in [1.165, 1.54) is 25.4 Å². The minimum absolute atomic E-state index is 0. The van der Waals surface area contributed by atoms with Gasteiger partial charge in [-0.3, -0.25) is 9.10 Å². The average Bonchev–Trinajstić information content (AvgIpc) is 2.54. The quantitative estimate of drug-likeness (QED) is 0.652. The molecule has 0 spiro atoms. The smallest absolute Gasteiger partial charge is 1.00 e. The van der Waals surface area contributed by atoms with Crippen LogP contribution in [0.1, 0.15) is 6.99 Å². The third-order valence-corrected chi connectivity index (χ3v) is 5.26. The summed E-state index contributed by atoms with van der Waals surface area (Å²) < 4.78 is 25.8. The Hall–Kier alpha value is -1.87. The van der Waals surface area contributed by atoms with Crippen LogP contribution in [0.15, 0.2) is 59.3 Å². The van der Waals surface area contributed by atoms with Crippen molar-refractivity contribution in [2.75, 3.05) is 12.4 Å². The van der Waals surface area contributed by atoms with Gasteiger partial charge in [0.1, 0.15) is 5.82 Å². The molecule has 0 radical (unpaired) electrons. The number of aromatic nitrogens is 1. The van der Waals surface area contributed by atoms with E-state index < -0.39 is 21.7 Å². The molecular formula is C15H14N3NaO4S. The largest absolute Gasteiger partial charge is 1.00 e. The number of rotatable bonds is 2. The van der Waals surface area contributed by atoms with E-state index in [2.05, 4.69) is 10.3 Å². The summed E-state index contributed by atoms with van der Waals surface area (Å²) in [6.45, 7) is 0. The number of hydrogen-bond acceptors (Lipinski definition) is 5. The van der Waals surface area contributed by atoms with Crippen LogP contribution in [0.3, 0.4) is 0 Å². The molecule has 2 N–H and O–H groups in total. The number of amides is 1. The molecule has 1 amide bonds. The second-order valence-corrected chi connectivity index (χ2v) is 6.77. The molecule has 24 heavy (non-hydrogen) atoms. The van der Waals surface area contributed by atoms with Crippen molar-refractivity contribution in [3.63, 3.8) is 0 Å². The summed E-state index contributed by atoms with van der Waals surface area (Å²) in [4.78, 5) is 16.3. The van der Waals surface area contributed by atoms with Crippen LogP contribution in [0.4, 0.5) is 5.82 Å². The number of nitrogens with one attached hydrogen (secondary N) is 1. The molecule has 0 aliphatic carbocycles. The Kier molecular flexibility index (Phi) is 5.34. The van der Waals surface area contributed by atoms with E-state index in [1.54, 1.807) is 30.3 Å². The van der Waals surface area contributed by atoms with E-state index in [9.17, 15) is 18.3 Å². The zero-order valence-corrected chi connectivity index (χ0v) is 15.9. The van der Waals surface area contributed by atoms with Gasteiger partial charge in [-0.2, -0.15) is 0 Å². The van der Waals surface area contributed by atoms with E-state index in [0.717, 1.165) is 4.31 Å². The Bertz CT molecular complexity index is 919. The summed E-state index contributed by atoms with van der Waals surface area (Å²) in [6.07, 6.45) is 1.49. The number of hydrogen-bond donors (Lipinski definition) is 2. The van der Waals surface area contributed by atoms with Gasteiger partial charge in [-0.1, -0.05) is 18.2 Å². The monoisotopic (exact) mass is 355 g/mol. The van der Waals surface area contributed by atoms with E-state index in [0.29, 0.717) is 0 Å². The van der Waals surface area contributed by atoms with E-state index >= 15 is 0 Å². The van der Waals surface area contributed by atoms with Crippen LogP contribution >= 0.6 is 0 Å². The number of nitrogens with zero attached hydrogens (tertiary/aromatic N) is 2. The van der Waals surface area contributed by atoms with Gasteiger partial charge in [0.2, 0.25) is 0 Å². The molecule has 3 rings (SSSR count). The molecule has 7 nitrogen and oxygen atoms in total. The summed E-state index contributed by atoms with van der Waals surface area (Å²) in [7, 11) is -2.69. The fourth-order valence-electron chi connectivity index (χ4n) is 2.29. The maximum Gasteiger partial charge on any atom is 1.00 e. The molecule has 0 saturated heterocycles. The normalized spacial score (nSPS) is 15.3. The summed E-state index contributed by atoms with van der Waals surface area (Å²) in [5.74, 6) is -0.907. The summed E-state index contributed by atoms with van der Waals surface area (Å²) in [5.41, 5.74) is -0.258. The molecule has 0 fully saturated rings. The SMILES string of the molecule is CN1C(C(=O)Nc2ccccn2)=C(O)c2ccccc2S1(=O)=O.[H-].[Na+]. The number of carbonyl (C=O) groups is 1. The Labute approximate surface area is 162 Å². The van der Waals surface area contributed by atoms with Crippen LogP contribution in [0, 0.1) is 0 Å². The number of pyridine rings is 1. The van der Waals surface area contributed by atoms with Crippen molar-refractivity contribution < 1.29 is 49.3 Å². The predicted octanol–water partition coefficient (Wildman–Crippen LogP) is -1.30. The summed E-state index contributed by atoms with van der Waals surface area (Å²) in [5, 5.41) is 12.8. The Morgan fingerprint density at radius 1 is 1.21 bits per heavy atom.